The van der Waals surface area contributed by atoms with Crippen molar-refractivity contribution in [1.82, 2.24) is 0 Å². The third-order valence-electron chi connectivity index (χ3n) is 2.53. The maximum absolute atomic E-state index is 12.9. The Morgan fingerprint density at radius 1 is 1.13 bits per heavy atom. The molecule has 1 rings (SSSR count). The summed E-state index contributed by atoms with van der Waals surface area (Å²) in [6.45, 7) is 4.05. The second-order valence-electron chi connectivity index (χ2n) is 4.00. The molecular weight excluding hydrogens is 214 g/mol. The van der Waals surface area contributed by atoms with Crippen molar-refractivity contribution < 1.29 is 8.78 Å². The smallest absolute Gasteiger partial charge is 0.159 e. The molecule has 0 bridgehead atoms. The van der Waals surface area contributed by atoms with E-state index >= 15 is 0 Å². The predicted octanol–water partition coefficient (Wildman–Crippen LogP) is 4.17. The standard InChI is InChI=1S/C12H16F2S/c1-8(3-4-9(2)15)10-5-6-11(13)12(14)7-10/h5-9,15H,3-4H2,1-2H3. The highest BCUT2D eigenvalue weighted by Gasteiger charge is 2.09. The fraction of sp³-hybridized carbons (Fsp3) is 0.500. The van der Waals surface area contributed by atoms with E-state index in [-0.39, 0.29) is 5.92 Å². The van der Waals surface area contributed by atoms with Crippen LogP contribution in [-0.4, -0.2) is 5.25 Å². The zero-order chi connectivity index (χ0) is 11.4. The Hall–Kier alpha value is -0.570. The highest BCUT2D eigenvalue weighted by Crippen LogP contribution is 2.23. The van der Waals surface area contributed by atoms with Gasteiger partial charge in [0.1, 0.15) is 0 Å². The molecule has 1 aromatic rings. The Bertz CT molecular complexity index is 323. The summed E-state index contributed by atoms with van der Waals surface area (Å²) in [5, 5.41) is 0.345. The van der Waals surface area contributed by atoms with Gasteiger partial charge in [0.2, 0.25) is 0 Å². The fourth-order valence-corrected chi connectivity index (χ4v) is 1.63. The van der Waals surface area contributed by atoms with E-state index in [4.69, 9.17) is 0 Å². The van der Waals surface area contributed by atoms with Crippen LogP contribution in [0.5, 0.6) is 0 Å². The van der Waals surface area contributed by atoms with Gasteiger partial charge in [0.15, 0.2) is 11.6 Å². The summed E-state index contributed by atoms with van der Waals surface area (Å²) in [5.74, 6) is -1.30. The van der Waals surface area contributed by atoms with Gasteiger partial charge < -0.3 is 0 Å². The van der Waals surface area contributed by atoms with Crippen LogP contribution in [0.4, 0.5) is 8.78 Å². The van der Waals surface area contributed by atoms with Gasteiger partial charge in [0, 0.05) is 0 Å². The minimum atomic E-state index is -0.784. The van der Waals surface area contributed by atoms with E-state index < -0.39 is 11.6 Å². The van der Waals surface area contributed by atoms with E-state index in [2.05, 4.69) is 12.6 Å². The molecule has 1 aromatic carbocycles. The van der Waals surface area contributed by atoms with Crippen LogP contribution in [-0.2, 0) is 0 Å². The monoisotopic (exact) mass is 230 g/mol. The van der Waals surface area contributed by atoms with Gasteiger partial charge in [-0.1, -0.05) is 19.9 Å². The van der Waals surface area contributed by atoms with Gasteiger partial charge in [-0.15, -0.1) is 0 Å². The van der Waals surface area contributed by atoms with Crippen molar-refractivity contribution in [1.29, 1.82) is 0 Å². The lowest BCUT2D eigenvalue weighted by molar-refractivity contribution is 0.504. The largest absolute Gasteiger partial charge is 0.204 e. The molecule has 15 heavy (non-hydrogen) atoms. The Labute approximate surface area is 95.1 Å². The van der Waals surface area contributed by atoms with Crippen LogP contribution in [0.2, 0.25) is 0 Å². The molecule has 0 saturated carbocycles. The molecule has 0 fully saturated rings. The lowest BCUT2D eigenvalue weighted by Crippen LogP contribution is -1.99. The average Bonchev–Trinajstić information content (AvgIpc) is 2.18. The SMILES string of the molecule is CC(S)CCC(C)c1ccc(F)c(F)c1. The van der Waals surface area contributed by atoms with Crippen LogP contribution in [0.25, 0.3) is 0 Å². The number of hydrogen-bond donors (Lipinski definition) is 1. The van der Waals surface area contributed by atoms with Gasteiger partial charge >= 0.3 is 0 Å². The minimum Gasteiger partial charge on any atom is -0.204 e. The van der Waals surface area contributed by atoms with Crippen molar-refractivity contribution in [2.24, 2.45) is 0 Å². The van der Waals surface area contributed by atoms with Crippen molar-refractivity contribution in [3.8, 4) is 0 Å². The first-order chi connectivity index (χ1) is 7.00. The van der Waals surface area contributed by atoms with Gasteiger partial charge in [-0.2, -0.15) is 12.6 Å². The van der Waals surface area contributed by atoms with Gasteiger partial charge in [0.05, 0.1) is 0 Å². The number of benzene rings is 1. The molecule has 0 heterocycles. The molecule has 0 aliphatic rings. The normalized spacial score (nSPS) is 15.0. The molecule has 0 aromatic heterocycles. The van der Waals surface area contributed by atoms with Gasteiger partial charge in [-0.25, -0.2) is 8.78 Å². The number of rotatable bonds is 4. The number of thiol groups is 1. The lowest BCUT2D eigenvalue weighted by atomic mass is 9.95. The van der Waals surface area contributed by atoms with Crippen molar-refractivity contribution >= 4 is 12.6 Å². The summed E-state index contributed by atoms with van der Waals surface area (Å²) in [7, 11) is 0. The Kier molecular flexibility index (Phi) is 4.58. The second kappa shape index (κ2) is 5.50. The first-order valence-electron chi connectivity index (χ1n) is 5.13. The Morgan fingerprint density at radius 2 is 1.80 bits per heavy atom. The zero-order valence-corrected chi connectivity index (χ0v) is 9.90. The molecule has 0 aliphatic carbocycles. The topological polar surface area (TPSA) is 0 Å². The quantitative estimate of drug-likeness (QED) is 0.737. The van der Waals surface area contributed by atoms with E-state index in [0.717, 1.165) is 18.4 Å². The average molecular weight is 230 g/mol. The lowest BCUT2D eigenvalue weighted by Gasteiger charge is -2.13. The highest BCUT2D eigenvalue weighted by atomic mass is 32.1. The molecular formula is C12H16F2S. The molecule has 0 N–H and O–H groups in total. The van der Waals surface area contributed by atoms with E-state index in [1.54, 1.807) is 6.07 Å². The van der Waals surface area contributed by atoms with Crippen LogP contribution in [0.15, 0.2) is 18.2 Å². The second-order valence-corrected chi connectivity index (χ2v) is 4.88. The van der Waals surface area contributed by atoms with Crippen LogP contribution in [0, 0.1) is 11.6 Å². The van der Waals surface area contributed by atoms with Gasteiger partial charge in [0.25, 0.3) is 0 Å². The summed E-state index contributed by atoms with van der Waals surface area (Å²) < 4.78 is 25.6. The molecule has 2 unspecified atom stereocenters. The highest BCUT2D eigenvalue weighted by molar-refractivity contribution is 7.80. The van der Waals surface area contributed by atoms with Crippen molar-refractivity contribution in [2.45, 2.75) is 37.9 Å². The minimum absolute atomic E-state index is 0.245. The molecule has 3 heteroatoms. The van der Waals surface area contributed by atoms with Crippen LogP contribution < -0.4 is 0 Å². The van der Waals surface area contributed by atoms with Crippen LogP contribution >= 0.6 is 12.6 Å². The van der Waals surface area contributed by atoms with Gasteiger partial charge in [-0.3, -0.25) is 0 Å². The van der Waals surface area contributed by atoms with E-state index in [1.807, 2.05) is 13.8 Å². The number of halogens is 2. The summed E-state index contributed by atoms with van der Waals surface area (Å²) in [5.41, 5.74) is 0.850. The van der Waals surface area contributed by atoms with E-state index in [9.17, 15) is 8.78 Å². The molecule has 0 spiro atoms. The maximum Gasteiger partial charge on any atom is 0.159 e. The Balaban J connectivity index is 2.65. The van der Waals surface area contributed by atoms with Crippen molar-refractivity contribution in [3.05, 3.63) is 35.4 Å². The molecule has 2 atom stereocenters. The zero-order valence-electron chi connectivity index (χ0n) is 9.00. The maximum atomic E-state index is 12.9. The van der Waals surface area contributed by atoms with E-state index in [0.29, 0.717) is 5.25 Å². The molecule has 0 nitrogen and oxygen atoms in total. The van der Waals surface area contributed by atoms with Crippen LogP contribution in [0.1, 0.15) is 38.2 Å². The first kappa shape index (κ1) is 12.5. The number of hydrogen-bond acceptors (Lipinski definition) is 1. The predicted molar refractivity (Wildman–Crippen MR) is 62.5 cm³/mol. The van der Waals surface area contributed by atoms with Gasteiger partial charge in [-0.05, 0) is 41.7 Å². The van der Waals surface area contributed by atoms with Crippen LogP contribution in [0.3, 0.4) is 0 Å². The summed E-state index contributed by atoms with van der Waals surface area (Å²) >= 11 is 4.29. The molecule has 84 valence electrons. The van der Waals surface area contributed by atoms with E-state index in [1.165, 1.54) is 12.1 Å². The molecule has 0 saturated heterocycles. The summed E-state index contributed by atoms with van der Waals surface area (Å²) in [4.78, 5) is 0. The third kappa shape index (κ3) is 3.82. The third-order valence-corrected chi connectivity index (χ3v) is 2.79. The summed E-state index contributed by atoms with van der Waals surface area (Å²) in [6.07, 6.45) is 1.92. The molecule has 0 radical (unpaired) electrons. The fourth-order valence-electron chi connectivity index (χ4n) is 1.48. The van der Waals surface area contributed by atoms with Crippen molar-refractivity contribution in [2.75, 3.05) is 0 Å². The molecule has 0 aliphatic heterocycles. The Morgan fingerprint density at radius 3 is 2.33 bits per heavy atom. The van der Waals surface area contributed by atoms with Crippen molar-refractivity contribution in [3.63, 3.8) is 0 Å². The summed E-state index contributed by atoms with van der Waals surface area (Å²) in [6, 6.07) is 4.11. The molecule has 0 amide bonds. The first-order valence-corrected chi connectivity index (χ1v) is 5.65.